The first-order chi connectivity index (χ1) is 12.2. The largest absolute Gasteiger partial charge is 0.481 e. The van der Waals surface area contributed by atoms with Crippen LogP contribution in [0.5, 0.6) is 5.88 Å². The molecule has 0 bridgehead atoms. The van der Waals surface area contributed by atoms with E-state index < -0.39 is 5.82 Å². The summed E-state index contributed by atoms with van der Waals surface area (Å²) in [5.41, 5.74) is 0.371. The van der Waals surface area contributed by atoms with E-state index in [1.165, 1.54) is 12.1 Å². The first-order valence-electron chi connectivity index (χ1n) is 7.51. The fraction of sp³-hybridized carbons (Fsp3) is 0.312. The van der Waals surface area contributed by atoms with Crippen molar-refractivity contribution < 1.29 is 18.6 Å². The Kier molecular flexibility index (Phi) is 6.91. The summed E-state index contributed by atoms with van der Waals surface area (Å²) < 4.78 is 24.8. The minimum Gasteiger partial charge on any atom is -0.481 e. The number of hydrogen-bond donors (Lipinski definition) is 1. The van der Waals surface area contributed by atoms with Crippen LogP contribution in [0.3, 0.4) is 0 Å². The van der Waals surface area contributed by atoms with E-state index in [2.05, 4.69) is 21.8 Å². The van der Waals surface area contributed by atoms with Gasteiger partial charge in [0, 0.05) is 44.0 Å². The van der Waals surface area contributed by atoms with Crippen LogP contribution in [-0.4, -0.2) is 58.7 Å². The van der Waals surface area contributed by atoms with Gasteiger partial charge in [-0.05, 0) is 18.2 Å². The molecule has 0 spiro atoms. The molecule has 1 fully saturated rings. The Bertz CT molecular complexity index is 711. The molecular weight excluding hydrogens is 351 g/mol. The molecule has 0 aliphatic carbocycles. The molecule has 0 unspecified atom stereocenters. The average Bonchev–Trinajstić information content (AvgIpc) is 2.69. The van der Waals surface area contributed by atoms with E-state index in [1.807, 2.05) is 4.90 Å². The van der Waals surface area contributed by atoms with Crippen molar-refractivity contribution in [2.75, 3.05) is 38.2 Å². The summed E-state index contributed by atoms with van der Waals surface area (Å²) in [5, 5.41) is 0. The molecule has 1 N–H and O–H groups in total. The lowest BCUT2D eigenvalue weighted by Crippen LogP contribution is -2.49. The highest BCUT2D eigenvalue weighted by Gasteiger charge is 2.23. The molecule has 1 aliphatic heterocycles. The molecule has 0 saturated carbocycles. The fourth-order valence-corrected chi connectivity index (χ4v) is 2.51. The lowest BCUT2D eigenvalue weighted by atomic mass is 10.2. The average molecular weight is 369 g/mol. The standard InChI is InChI=1S/C16H17FN4O2.ClHO/c1-23-14-5-6-18-16(19-14)21-9-7-20(8-10-21)15(22)12-3-2-4-13(17)11-12;1-2/h2-6,11H,7-10H2,1H3;2H. The zero-order valence-corrected chi connectivity index (χ0v) is 14.4. The Morgan fingerprint density at radius 2 is 1.96 bits per heavy atom. The predicted molar refractivity (Wildman–Crippen MR) is 91.2 cm³/mol. The molecule has 1 saturated heterocycles. The molecule has 1 aromatic carbocycles. The van der Waals surface area contributed by atoms with Crippen molar-refractivity contribution in [3.8, 4) is 5.88 Å². The first-order valence-corrected chi connectivity index (χ1v) is 7.85. The Labute approximate surface area is 149 Å². The molecule has 2 aromatic rings. The Hall–Kier alpha value is -2.45. The fourth-order valence-electron chi connectivity index (χ4n) is 2.51. The van der Waals surface area contributed by atoms with Gasteiger partial charge in [-0.25, -0.2) is 9.37 Å². The predicted octanol–water partition coefficient (Wildman–Crippen LogP) is 1.72. The van der Waals surface area contributed by atoms with Gasteiger partial charge < -0.3 is 14.5 Å². The molecular formula is C16H18ClFN4O3. The number of hydrogen-bond acceptors (Lipinski definition) is 6. The van der Waals surface area contributed by atoms with E-state index in [4.69, 9.17) is 9.40 Å². The van der Waals surface area contributed by atoms with Crippen molar-refractivity contribution in [1.82, 2.24) is 14.9 Å². The Morgan fingerprint density at radius 3 is 2.60 bits per heavy atom. The van der Waals surface area contributed by atoms with Crippen molar-refractivity contribution in [1.29, 1.82) is 0 Å². The van der Waals surface area contributed by atoms with Crippen LogP contribution in [0, 0.1) is 5.82 Å². The van der Waals surface area contributed by atoms with Gasteiger partial charge in [0.1, 0.15) is 5.82 Å². The van der Waals surface area contributed by atoms with E-state index in [9.17, 15) is 9.18 Å². The highest BCUT2D eigenvalue weighted by atomic mass is 35.5. The van der Waals surface area contributed by atoms with E-state index in [0.29, 0.717) is 43.6 Å². The van der Waals surface area contributed by atoms with Crippen LogP contribution in [0.1, 0.15) is 10.4 Å². The number of anilines is 1. The zero-order chi connectivity index (χ0) is 18.2. The third-order valence-electron chi connectivity index (χ3n) is 3.75. The monoisotopic (exact) mass is 368 g/mol. The van der Waals surface area contributed by atoms with E-state index in [-0.39, 0.29) is 5.91 Å². The molecule has 0 atom stereocenters. The molecule has 0 radical (unpaired) electrons. The maximum absolute atomic E-state index is 13.2. The number of carbonyl (C=O) groups is 1. The zero-order valence-electron chi connectivity index (χ0n) is 13.6. The maximum Gasteiger partial charge on any atom is 0.254 e. The molecule has 134 valence electrons. The second-order valence-corrected chi connectivity index (χ2v) is 5.19. The highest BCUT2D eigenvalue weighted by Crippen LogP contribution is 2.16. The van der Waals surface area contributed by atoms with Gasteiger partial charge in [-0.1, -0.05) is 6.07 Å². The molecule has 3 rings (SSSR count). The smallest absolute Gasteiger partial charge is 0.254 e. The van der Waals surface area contributed by atoms with Crippen LogP contribution >= 0.6 is 11.9 Å². The lowest BCUT2D eigenvalue weighted by Gasteiger charge is -2.34. The minimum atomic E-state index is -0.403. The van der Waals surface area contributed by atoms with Crippen LogP contribution in [0.2, 0.25) is 0 Å². The summed E-state index contributed by atoms with van der Waals surface area (Å²) in [7, 11) is 1.56. The van der Waals surface area contributed by atoms with E-state index in [0.717, 1.165) is 0 Å². The maximum atomic E-state index is 13.2. The number of piperazine rings is 1. The summed E-state index contributed by atoms with van der Waals surface area (Å²) in [4.78, 5) is 24.6. The van der Waals surface area contributed by atoms with Gasteiger partial charge in [-0.15, -0.1) is 0 Å². The second kappa shape index (κ2) is 9.14. The number of rotatable bonds is 3. The van der Waals surface area contributed by atoms with Crippen molar-refractivity contribution in [2.45, 2.75) is 0 Å². The Balaban J connectivity index is 0.00000109. The van der Waals surface area contributed by atoms with E-state index >= 15 is 0 Å². The van der Waals surface area contributed by atoms with Crippen LogP contribution in [0.4, 0.5) is 10.3 Å². The van der Waals surface area contributed by atoms with Crippen molar-refractivity contribution in [2.24, 2.45) is 0 Å². The SMILES string of the molecule is COc1ccnc(N2CCN(C(=O)c3cccc(F)c3)CC2)n1.OCl. The Morgan fingerprint density at radius 1 is 1.24 bits per heavy atom. The second-order valence-electron chi connectivity index (χ2n) is 5.19. The minimum absolute atomic E-state index is 0.157. The third kappa shape index (κ3) is 4.77. The summed E-state index contributed by atoms with van der Waals surface area (Å²) in [6.07, 6.45) is 1.64. The van der Waals surface area contributed by atoms with Crippen molar-refractivity contribution in [3.05, 3.63) is 47.9 Å². The first kappa shape index (κ1) is 18.9. The number of ether oxygens (including phenoxy) is 1. The summed E-state index contributed by atoms with van der Waals surface area (Å²) in [6, 6.07) is 7.45. The molecule has 1 aromatic heterocycles. The molecule has 7 nitrogen and oxygen atoms in total. The number of benzene rings is 1. The van der Waals surface area contributed by atoms with Gasteiger partial charge in [0.25, 0.3) is 5.91 Å². The quantitative estimate of drug-likeness (QED) is 0.888. The van der Waals surface area contributed by atoms with Crippen molar-refractivity contribution >= 4 is 23.7 Å². The van der Waals surface area contributed by atoms with Crippen LogP contribution in [0.25, 0.3) is 0 Å². The van der Waals surface area contributed by atoms with Crippen LogP contribution in [0.15, 0.2) is 36.5 Å². The molecule has 1 amide bonds. The van der Waals surface area contributed by atoms with Gasteiger partial charge in [0.2, 0.25) is 11.8 Å². The summed E-state index contributed by atoms with van der Waals surface area (Å²) in [5.74, 6) is 0.533. The van der Waals surface area contributed by atoms with Crippen LogP contribution < -0.4 is 9.64 Å². The van der Waals surface area contributed by atoms with Gasteiger partial charge in [-0.2, -0.15) is 4.98 Å². The number of amides is 1. The van der Waals surface area contributed by atoms with Gasteiger partial charge in [0.15, 0.2) is 0 Å². The number of methoxy groups -OCH3 is 1. The topological polar surface area (TPSA) is 78.8 Å². The summed E-state index contributed by atoms with van der Waals surface area (Å²) >= 11 is 3.64. The number of aromatic nitrogens is 2. The van der Waals surface area contributed by atoms with Gasteiger partial charge >= 0.3 is 0 Å². The number of halogens is 2. The van der Waals surface area contributed by atoms with Crippen LogP contribution in [-0.2, 0) is 0 Å². The van der Waals surface area contributed by atoms with Gasteiger partial charge in [-0.3, -0.25) is 9.45 Å². The molecule has 2 heterocycles. The number of nitrogens with zero attached hydrogens (tertiary/aromatic N) is 4. The molecule has 1 aliphatic rings. The normalized spacial score (nSPS) is 13.8. The number of carbonyl (C=O) groups excluding carboxylic acids is 1. The highest BCUT2D eigenvalue weighted by molar-refractivity contribution is 6.04. The van der Waals surface area contributed by atoms with E-state index in [1.54, 1.807) is 36.4 Å². The van der Waals surface area contributed by atoms with Gasteiger partial charge in [0.05, 0.1) is 19.0 Å². The third-order valence-corrected chi connectivity index (χ3v) is 3.75. The molecule has 9 heteroatoms. The van der Waals surface area contributed by atoms with Crippen molar-refractivity contribution in [3.63, 3.8) is 0 Å². The molecule has 25 heavy (non-hydrogen) atoms. The lowest BCUT2D eigenvalue weighted by molar-refractivity contribution is 0.0745. The summed E-state index contributed by atoms with van der Waals surface area (Å²) in [6.45, 7) is 2.31.